The van der Waals surface area contributed by atoms with Crippen LogP contribution in [0.5, 0.6) is 0 Å². The first-order valence-electron chi connectivity index (χ1n) is 8.03. The molecule has 132 valence electrons. The van der Waals surface area contributed by atoms with Crippen LogP contribution in [0, 0.1) is 5.82 Å². The lowest BCUT2D eigenvalue weighted by Gasteiger charge is -2.34. The van der Waals surface area contributed by atoms with Gasteiger partial charge in [-0.05, 0) is 48.7 Å². The molecule has 5 nitrogen and oxygen atoms in total. The number of nitrogens with one attached hydrogen (secondary N) is 1. The Hall–Kier alpha value is -2.25. The van der Waals surface area contributed by atoms with Crippen molar-refractivity contribution in [1.29, 1.82) is 0 Å². The highest BCUT2D eigenvalue weighted by Gasteiger charge is 2.37. The number of sulfonamides is 1. The van der Waals surface area contributed by atoms with Crippen LogP contribution in [0.4, 0.5) is 10.1 Å². The molecule has 0 radical (unpaired) electrons. The predicted octanol–water partition coefficient (Wildman–Crippen LogP) is 2.54. The minimum atomic E-state index is -3.54. The van der Waals surface area contributed by atoms with E-state index in [0.29, 0.717) is 12.1 Å². The molecule has 1 aliphatic rings. The van der Waals surface area contributed by atoms with Gasteiger partial charge in [0.15, 0.2) is 0 Å². The van der Waals surface area contributed by atoms with Gasteiger partial charge in [-0.1, -0.05) is 24.3 Å². The second-order valence-corrected chi connectivity index (χ2v) is 8.14. The molecule has 0 saturated heterocycles. The Morgan fingerprint density at radius 3 is 2.44 bits per heavy atom. The van der Waals surface area contributed by atoms with E-state index in [1.54, 1.807) is 6.92 Å². The van der Waals surface area contributed by atoms with Crippen molar-refractivity contribution in [3.05, 3.63) is 65.5 Å². The molecule has 0 aliphatic carbocycles. The summed E-state index contributed by atoms with van der Waals surface area (Å²) in [7, 11) is -3.54. The van der Waals surface area contributed by atoms with E-state index in [4.69, 9.17) is 0 Å². The van der Waals surface area contributed by atoms with Gasteiger partial charge in [-0.3, -0.25) is 4.79 Å². The molecule has 7 heteroatoms. The van der Waals surface area contributed by atoms with Crippen molar-refractivity contribution >= 4 is 21.6 Å². The number of carbonyl (C=O) groups is 1. The van der Waals surface area contributed by atoms with E-state index in [-0.39, 0.29) is 12.3 Å². The lowest BCUT2D eigenvalue weighted by molar-refractivity contribution is -0.120. The number of hydrogen-bond donors (Lipinski definition) is 1. The minimum Gasteiger partial charge on any atom is -0.325 e. The molecule has 0 bridgehead atoms. The van der Waals surface area contributed by atoms with E-state index >= 15 is 0 Å². The third-order valence-corrected chi connectivity index (χ3v) is 6.17. The average Bonchev–Trinajstić information content (AvgIpc) is 2.62. The Bertz CT molecular complexity index is 881. The number of nitrogens with zero attached hydrogens (tertiary/aromatic N) is 1. The summed E-state index contributed by atoms with van der Waals surface area (Å²) in [5, 5.41) is 2.68. The number of halogens is 1. The largest absolute Gasteiger partial charge is 0.325 e. The van der Waals surface area contributed by atoms with Gasteiger partial charge in [-0.15, -0.1) is 0 Å². The zero-order valence-corrected chi connectivity index (χ0v) is 14.6. The van der Waals surface area contributed by atoms with Crippen molar-refractivity contribution in [3.8, 4) is 0 Å². The van der Waals surface area contributed by atoms with E-state index in [1.807, 2.05) is 24.3 Å². The van der Waals surface area contributed by atoms with Crippen LogP contribution in [0.15, 0.2) is 48.5 Å². The summed E-state index contributed by atoms with van der Waals surface area (Å²) in [5.41, 5.74) is 2.30. The number of anilines is 1. The van der Waals surface area contributed by atoms with Gasteiger partial charge in [0.1, 0.15) is 11.9 Å². The summed E-state index contributed by atoms with van der Waals surface area (Å²) in [6, 6.07) is 12.1. The van der Waals surface area contributed by atoms with Crippen LogP contribution in [0.25, 0.3) is 0 Å². The highest BCUT2D eigenvalue weighted by Crippen LogP contribution is 2.27. The third-order valence-electron chi connectivity index (χ3n) is 4.34. The Kier molecular flexibility index (Phi) is 4.87. The van der Waals surface area contributed by atoms with Gasteiger partial charge in [-0.25, -0.2) is 12.8 Å². The summed E-state index contributed by atoms with van der Waals surface area (Å²) in [6.07, 6.45) is 0.308. The first-order valence-corrected chi connectivity index (χ1v) is 9.64. The molecule has 3 rings (SSSR count). The predicted molar refractivity (Wildman–Crippen MR) is 94.0 cm³/mol. The van der Waals surface area contributed by atoms with Crippen molar-refractivity contribution in [3.63, 3.8) is 0 Å². The molecular weight excluding hydrogens is 343 g/mol. The lowest BCUT2D eigenvalue weighted by atomic mass is 9.95. The van der Waals surface area contributed by atoms with E-state index in [1.165, 1.54) is 28.6 Å². The van der Waals surface area contributed by atoms with E-state index in [2.05, 4.69) is 5.32 Å². The highest BCUT2D eigenvalue weighted by molar-refractivity contribution is 7.89. The zero-order chi connectivity index (χ0) is 18.0. The SMILES string of the molecule is CCS(=O)(=O)N1Cc2ccccc2C[C@@H]1C(=O)Nc1ccc(F)cc1. The molecule has 2 aromatic carbocycles. The van der Waals surface area contributed by atoms with Crippen molar-refractivity contribution in [2.24, 2.45) is 0 Å². The van der Waals surface area contributed by atoms with E-state index in [9.17, 15) is 17.6 Å². The molecular formula is C18H19FN2O3S. The molecule has 0 unspecified atom stereocenters. The van der Waals surface area contributed by atoms with Gasteiger partial charge in [0.25, 0.3) is 0 Å². The Balaban J connectivity index is 1.90. The van der Waals surface area contributed by atoms with Gasteiger partial charge >= 0.3 is 0 Å². The zero-order valence-electron chi connectivity index (χ0n) is 13.8. The second-order valence-electron chi connectivity index (χ2n) is 5.93. The van der Waals surface area contributed by atoms with Gasteiger partial charge in [-0.2, -0.15) is 4.31 Å². The molecule has 1 atom stereocenters. The van der Waals surface area contributed by atoms with Crippen LogP contribution in [0.1, 0.15) is 18.1 Å². The minimum absolute atomic E-state index is 0.0739. The van der Waals surface area contributed by atoms with Crippen LogP contribution >= 0.6 is 0 Å². The van der Waals surface area contributed by atoms with Crippen molar-refractivity contribution in [2.45, 2.75) is 25.9 Å². The number of benzene rings is 2. The number of amides is 1. The van der Waals surface area contributed by atoms with Crippen LogP contribution in [-0.2, 0) is 27.8 Å². The van der Waals surface area contributed by atoms with Crippen LogP contribution in [0.3, 0.4) is 0 Å². The Morgan fingerprint density at radius 2 is 1.80 bits per heavy atom. The Labute approximate surface area is 146 Å². The van der Waals surface area contributed by atoms with Gasteiger partial charge in [0.05, 0.1) is 5.75 Å². The number of carbonyl (C=O) groups excluding carboxylic acids is 1. The molecule has 0 aromatic heterocycles. The van der Waals surface area contributed by atoms with Gasteiger partial charge in [0, 0.05) is 12.2 Å². The lowest BCUT2D eigenvalue weighted by Crippen LogP contribution is -2.51. The normalized spacial score (nSPS) is 17.8. The summed E-state index contributed by atoms with van der Waals surface area (Å²) >= 11 is 0. The smallest absolute Gasteiger partial charge is 0.243 e. The summed E-state index contributed by atoms with van der Waals surface area (Å²) in [6.45, 7) is 1.73. The molecule has 1 N–H and O–H groups in total. The van der Waals surface area contributed by atoms with E-state index < -0.39 is 27.8 Å². The molecule has 1 aliphatic heterocycles. The Morgan fingerprint density at radius 1 is 1.16 bits per heavy atom. The monoisotopic (exact) mass is 362 g/mol. The fourth-order valence-electron chi connectivity index (χ4n) is 2.94. The standard InChI is InChI=1S/C18H19FN2O3S/c1-2-25(23,24)21-12-14-6-4-3-5-13(14)11-17(21)18(22)20-16-9-7-15(19)8-10-16/h3-10,17H,2,11-12H2,1H3,(H,20,22)/t17-/m1/s1. The fraction of sp³-hybridized carbons (Fsp3) is 0.278. The van der Waals surface area contributed by atoms with Crippen molar-refractivity contribution in [1.82, 2.24) is 4.31 Å². The summed E-state index contributed by atoms with van der Waals surface area (Å²) in [4.78, 5) is 12.7. The quantitative estimate of drug-likeness (QED) is 0.909. The number of fused-ring (bicyclic) bond motifs is 1. The first kappa shape index (κ1) is 17.6. The maximum Gasteiger partial charge on any atom is 0.243 e. The summed E-state index contributed by atoms with van der Waals surface area (Å²) < 4.78 is 39.2. The molecule has 0 spiro atoms. The van der Waals surface area contributed by atoms with Crippen LogP contribution in [-0.4, -0.2) is 30.4 Å². The molecule has 1 amide bonds. The summed E-state index contributed by atoms with van der Waals surface area (Å²) in [5.74, 6) is -0.895. The molecule has 1 heterocycles. The molecule has 25 heavy (non-hydrogen) atoms. The molecule has 2 aromatic rings. The van der Waals surface area contributed by atoms with Gasteiger partial charge in [0.2, 0.25) is 15.9 Å². The van der Waals surface area contributed by atoms with Crippen LogP contribution in [0.2, 0.25) is 0 Å². The number of hydrogen-bond acceptors (Lipinski definition) is 3. The van der Waals surface area contributed by atoms with Crippen molar-refractivity contribution < 1.29 is 17.6 Å². The third kappa shape index (κ3) is 3.72. The maximum absolute atomic E-state index is 13.0. The fourth-order valence-corrected chi connectivity index (χ4v) is 4.16. The topological polar surface area (TPSA) is 66.5 Å². The van der Waals surface area contributed by atoms with E-state index in [0.717, 1.165) is 11.1 Å². The molecule has 0 saturated carbocycles. The van der Waals surface area contributed by atoms with Crippen LogP contribution < -0.4 is 5.32 Å². The van der Waals surface area contributed by atoms with Gasteiger partial charge < -0.3 is 5.32 Å². The average molecular weight is 362 g/mol. The first-order chi connectivity index (χ1) is 11.9. The highest BCUT2D eigenvalue weighted by atomic mass is 32.2. The maximum atomic E-state index is 13.0. The van der Waals surface area contributed by atoms with Crippen molar-refractivity contribution in [2.75, 3.05) is 11.1 Å². The molecule has 0 fully saturated rings. The second kappa shape index (κ2) is 6.93. The number of rotatable bonds is 4.